The van der Waals surface area contributed by atoms with Crippen molar-refractivity contribution in [1.82, 2.24) is 4.72 Å². The molecule has 1 heterocycles. The highest BCUT2D eigenvalue weighted by molar-refractivity contribution is 7.89. The largest absolute Gasteiger partial charge is 0.489 e. The Labute approximate surface area is 166 Å². The van der Waals surface area contributed by atoms with Crippen LogP contribution in [0, 0.1) is 5.92 Å². The summed E-state index contributed by atoms with van der Waals surface area (Å²) >= 11 is 6.02. The van der Waals surface area contributed by atoms with E-state index < -0.39 is 10.0 Å². The average Bonchev–Trinajstić information content (AvgIpc) is 3.44. The van der Waals surface area contributed by atoms with E-state index in [1.807, 2.05) is 0 Å². The summed E-state index contributed by atoms with van der Waals surface area (Å²) in [5.74, 6) is 0.608. The van der Waals surface area contributed by atoms with Gasteiger partial charge in [0.25, 0.3) is 0 Å². The Morgan fingerprint density at radius 1 is 1.31 bits per heavy atom. The van der Waals surface area contributed by atoms with Crippen molar-refractivity contribution >= 4 is 34.0 Å². The van der Waals surface area contributed by atoms with Crippen LogP contribution in [0.1, 0.15) is 32.1 Å². The maximum Gasteiger partial charge on any atom is 0.244 e. The number of sulfonamides is 1. The second-order valence-electron chi connectivity index (χ2n) is 6.69. The molecule has 1 aliphatic carbocycles. The van der Waals surface area contributed by atoms with E-state index in [4.69, 9.17) is 26.8 Å². The van der Waals surface area contributed by atoms with Gasteiger partial charge >= 0.3 is 0 Å². The summed E-state index contributed by atoms with van der Waals surface area (Å²) in [6.45, 7) is 1.32. The molecule has 0 radical (unpaired) electrons. The number of ether oxygens (including phenoxy) is 2. The topological polar surface area (TPSA) is 90.7 Å². The normalized spacial score (nSPS) is 21.7. The zero-order valence-electron chi connectivity index (χ0n) is 14.5. The Hall–Kier alpha value is -0.570. The Morgan fingerprint density at radius 2 is 2.08 bits per heavy atom. The van der Waals surface area contributed by atoms with E-state index in [1.54, 1.807) is 12.1 Å². The molecule has 2 unspecified atom stereocenters. The lowest BCUT2D eigenvalue weighted by molar-refractivity contribution is -0.0116. The number of benzene rings is 1. The fourth-order valence-corrected chi connectivity index (χ4v) is 4.76. The number of halogens is 2. The minimum absolute atomic E-state index is 0. The molecule has 1 saturated carbocycles. The number of nitrogens with two attached hydrogens (primary N) is 1. The third-order valence-corrected chi connectivity index (χ3v) is 6.39. The maximum atomic E-state index is 12.8. The third-order valence-electron chi connectivity index (χ3n) is 4.65. The first-order valence-electron chi connectivity index (χ1n) is 8.76. The predicted molar refractivity (Wildman–Crippen MR) is 104 cm³/mol. The summed E-state index contributed by atoms with van der Waals surface area (Å²) in [6.07, 6.45) is 5.08. The lowest BCUT2D eigenvalue weighted by atomic mass is 10.1. The van der Waals surface area contributed by atoms with Gasteiger partial charge in [0.1, 0.15) is 17.3 Å². The molecule has 1 aromatic carbocycles. The molecule has 1 saturated heterocycles. The Kier molecular flexibility index (Phi) is 8.00. The zero-order valence-corrected chi connectivity index (χ0v) is 16.9. The molecule has 148 valence electrons. The second-order valence-corrected chi connectivity index (χ2v) is 8.81. The van der Waals surface area contributed by atoms with Crippen molar-refractivity contribution in [3.8, 4) is 5.75 Å². The van der Waals surface area contributed by atoms with Gasteiger partial charge in [-0.1, -0.05) is 11.6 Å². The van der Waals surface area contributed by atoms with Crippen LogP contribution in [0.2, 0.25) is 5.02 Å². The van der Waals surface area contributed by atoms with Crippen LogP contribution in [0.3, 0.4) is 0 Å². The molecule has 0 amide bonds. The SMILES string of the molecule is Cl.NCC(NS(=O)(=O)c1cc(Cl)ccc1OCC1CCCCO1)C1CC1. The Morgan fingerprint density at radius 3 is 2.69 bits per heavy atom. The Bertz CT molecular complexity index is 692. The van der Waals surface area contributed by atoms with Crippen molar-refractivity contribution in [3.63, 3.8) is 0 Å². The van der Waals surface area contributed by atoms with Crippen LogP contribution >= 0.6 is 24.0 Å². The molecule has 1 aromatic rings. The van der Waals surface area contributed by atoms with E-state index in [9.17, 15) is 8.42 Å². The number of hydrogen-bond donors (Lipinski definition) is 2. The number of hydrogen-bond acceptors (Lipinski definition) is 5. The first-order valence-corrected chi connectivity index (χ1v) is 10.6. The highest BCUT2D eigenvalue weighted by Crippen LogP contribution is 2.34. The second kappa shape index (κ2) is 9.57. The van der Waals surface area contributed by atoms with E-state index in [0.29, 0.717) is 17.5 Å². The summed E-state index contributed by atoms with van der Waals surface area (Å²) in [4.78, 5) is 0.0508. The monoisotopic (exact) mass is 424 g/mol. The summed E-state index contributed by atoms with van der Waals surface area (Å²) in [6, 6.07) is 4.38. The number of rotatable bonds is 8. The maximum absolute atomic E-state index is 12.8. The number of nitrogens with one attached hydrogen (secondary N) is 1. The van der Waals surface area contributed by atoms with Crippen molar-refractivity contribution in [1.29, 1.82) is 0 Å². The molecule has 0 bridgehead atoms. The van der Waals surface area contributed by atoms with Gasteiger partial charge in [-0.05, 0) is 56.2 Å². The van der Waals surface area contributed by atoms with Gasteiger partial charge in [0.05, 0.1) is 6.10 Å². The smallest absolute Gasteiger partial charge is 0.244 e. The lowest BCUT2D eigenvalue weighted by Crippen LogP contribution is -2.41. The van der Waals surface area contributed by atoms with Crippen LogP contribution in [0.25, 0.3) is 0 Å². The predicted octanol–water partition coefficient (Wildman–Crippen LogP) is 2.73. The van der Waals surface area contributed by atoms with Crippen LogP contribution in [0.15, 0.2) is 23.1 Å². The van der Waals surface area contributed by atoms with Crippen molar-refractivity contribution < 1.29 is 17.9 Å². The minimum atomic E-state index is -3.76. The van der Waals surface area contributed by atoms with E-state index in [-0.39, 0.29) is 41.7 Å². The molecule has 6 nitrogen and oxygen atoms in total. The first kappa shape index (κ1) is 21.7. The molecule has 2 fully saturated rings. The summed E-state index contributed by atoms with van der Waals surface area (Å²) in [5, 5.41) is 0.345. The van der Waals surface area contributed by atoms with Gasteiger partial charge < -0.3 is 15.2 Å². The van der Waals surface area contributed by atoms with E-state index in [1.165, 1.54) is 6.07 Å². The van der Waals surface area contributed by atoms with Crippen molar-refractivity contribution in [2.75, 3.05) is 19.8 Å². The molecule has 26 heavy (non-hydrogen) atoms. The van der Waals surface area contributed by atoms with Gasteiger partial charge in [-0.2, -0.15) is 0 Å². The molecule has 2 atom stereocenters. The van der Waals surface area contributed by atoms with Crippen LogP contribution in [0.5, 0.6) is 5.75 Å². The molecule has 0 spiro atoms. The van der Waals surface area contributed by atoms with E-state index in [0.717, 1.165) is 38.7 Å². The van der Waals surface area contributed by atoms with Gasteiger partial charge in [-0.15, -0.1) is 12.4 Å². The van der Waals surface area contributed by atoms with Gasteiger partial charge in [0.2, 0.25) is 10.0 Å². The van der Waals surface area contributed by atoms with Crippen molar-refractivity contribution in [2.45, 2.75) is 49.1 Å². The third kappa shape index (κ3) is 5.71. The highest BCUT2D eigenvalue weighted by Gasteiger charge is 2.34. The fourth-order valence-electron chi connectivity index (χ4n) is 3.03. The van der Waals surface area contributed by atoms with Crippen LogP contribution in [-0.2, 0) is 14.8 Å². The fraction of sp³-hybridized carbons (Fsp3) is 0.647. The minimum Gasteiger partial charge on any atom is -0.489 e. The Balaban J connectivity index is 0.00000243. The van der Waals surface area contributed by atoms with E-state index >= 15 is 0 Å². The summed E-state index contributed by atoms with van der Waals surface area (Å²) in [5.41, 5.74) is 5.72. The quantitative estimate of drug-likeness (QED) is 0.669. The van der Waals surface area contributed by atoms with Crippen LogP contribution in [0.4, 0.5) is 0 Å². The van der Waals surface area contributed by atoms with Gasteiger partial charge in [0.15, 0.2) is 0 Å². The van der Waals surface area contributed by atoms with E-state index in [2.05, 4.69) is 4.72 Å². The zero-order chi connectivity index (χ0) is 17.9. The lowest BCUT2D eigenvalue weighted by Gasteiger charge is -2.23. The van der Waals surface area contributed by atoms with Gasteiger partial charge in [0, 0.05) is 24.2 Å². The molecular formula is C17H26Cl2N2O4S. The highest BCUT2D eigenvalue weighted by atomic mass is 35.5. The summed E-state index contributed by atoms with van der Waals surface area (Å²) < 4.78 is 39.8. The van der Waals surface area contributed by atoms with Crippen molar-refractivity contribution in [2.24, 2.45) is 11.7 Å². The molecule has 1 aliphatic heterocycles. The standard InChI is InChI=1S/C17H25ClN2O4S.ClH/c18-13-6-7-16(24-11-14-3-1-2-8-23-14)17(9-13)25(21,22)20-15(10-19)12-4-5-12;/h6-7,9,12,14-15,20H,1-5,8,10-11,19H2;1H. The average molecular weight is 425 g/mol. The van der Waals surface area contributed by atoms with Gasteiger partial charge in [-0.3, -0.25) is 0 Å². The molecular weight excluding hydrogens is 399 g/mol. The van der Waals surface area contributed by atoms with Crippen molar-refractivity contribution in [3.05, 3.63) is 23.2 Å². The van der Waals surface area contributed by atoms with Gasteiger partial charge in [-0.25, -0.2) is 13.1 Å². The molecule has 0 aromatic heterocycles. The molecule has 9 heteroatoms. The first-order chi connectivity index (χ1) is 12.0. The molecule has 3 N–H and O–H groups in total. The van der Waals surface area contributed by atoms with Crippen LogP contribution < -0.4 is 15.2 Å². The molecule has 2 aliphatic rings. The van der Waals surface area contributed by atoms with Crippen LogP contribution in [-0.4, -0.2) is 40.3 Å². The summed E-state index contributed by atoms with van der Waals surface area (Å²) in [7, 11) is -3.76. The molecule has 3 rings (SSSR count).